The highest BCUT2D eigenvalue weighted by molar-refractivity contribution is 5.77. The van der Waals surface area contributed by atoms with E-state index in [0.29, 0.717) is 12.2 Å². The zero-order valence-corrected chi connectivity index (χ0v) is 9.69. The Labute approximate surface area is 104 Å². The summed E-state index contributed by atoms with van der Waals surface area (Å²) in [5.74, 6) is -0.0976. The normalized spacial score (nSPS) is 12.3. The fraction of sp³-hybridized carbons (Fsp3) is 0.300. The third kappa shape index (κ3) is 5.77. The zero-order valence-electron chi connectivity index (χ0n) is 9.69. The molecular formula is C10H16N6O2. The molecular weight excluding hydrogens is 236 g/mol. The molecule has 0 radical (unpaired) electrons. The van der Waals surface area contributed by atoms with Gasteiger partial charge in [-0.1, -0.05) is 12.1 Å². The van der Waals surface area contributed by atoms with Crippen LogP contribution in [0.5, 0.6) is 0 Å². The Bertz CT molecular complexity index is 432. The molecule has 0 atom stereocenters. The number of benzene rings is 1. The molecule has 0 fully saturated rings. The zero-order chi connectivity index (χ0) is 13.4. The molecule has 0 aromatic heterocycles. The van der Waals surface area contributed by atoms with Gasteiger partial charge in [-0.25, -0.2) is 0 Å². The molecule has 0 amide bonds. The van der Waals surface area contributed by atoms with E-state index in [9.17, 15) is 0 Å². The van der Waals surface area contributed by atoms with Crippen LogP contribution >= 0.6 is 0 Å². The molecule has 18 heavy (non-hydrogen) atoms. The maximum atomic E-state index is 8.53. The second kappa shape index (κ2) is 7.20. The van der Waals surface area contributed by atoms with Gasteiger partial charge in [-0.2, -0.15) is 5.11 Å². The van der Waals surface area contributed by atoms with Gasteiger partial charge in [-0.15, -0.1) is 10.2 Å². The van der Waals surface area contributed by atoms with Gasteiger partial charge in [0, 0.05) is 5.69 Å². The summed E-state index contributed by atoms with van der Waals surface area (Å²) in [5.41, 5.74) is 14.9. The number of nitrogen functional groups attached to an aromatic ring is 1. The summed E-state index contributed by atoms with van der Waals surface area (Å²) in [7, 11) is 0. The molecule has 0 saturated heterocycles. The third-order valence-electron chi connectivity index (χ3n) is 1.84. The second-order valence-corrected chi connectivity index (χ2v) is 3.46. The summed E-state index contributed by atoms with van der Waals surface area (Å²) in [5, 5.41) is 28.1. The average Bonchev–Trinajstić information content (AvgIpc) is 2.28. The third-order valence-corrected chi connectivity index (χ3v) is 1.84. The van der Waals surface area contributed by atoms with Crippen LogP contribution in [0.25, 0.3) is 0 Å². The van der Waals surface area contributed by atoms with Crippen LogP contribution in [0.1, 0.15) is 5.56 Å². The second-order valence-electron chi connectivity index (χ2n) is 3.46. The predicted octanol–water partition coefficient (Wildman–Crippen LogP) is -0.649. The Kier molecular flexibility index (Phi) is 5.55. The lowest BCUT2D eigenvalue weighted by Crippen LogP contribution is -2.24. The van der Waals surface area contributed by atoms with Crippen LogP contribution in [0.3, 0.4) is 0 Å². The minimum atomic E-state index is -1.49. The molecule has 0 unspecified atom stereocenters. The quantitative estimate of drug-likeness (QED) is 0.118. The van der Waals surface area contributed by atoms with Crippen LogP contribution in [0.4, 0.5) is 5.69 Å². The number of guanidine groups is 1. The van der Waals surface area contributed by atoms with Gasteiger partial charge >= 0.3 is 0 Å². The van der Waals surface area contributed by atoms with Gasteiger partial charge in [-0.3, -0.25) is 0 Å². The molecule has 1 rings (SSSR count). The molecule has 8 heteroatoms. The fourth-order valence-electron chi connectivity index (χ4n) is 1.11. The first-order valence-electron chi connectivity index (χ1n) is 5.22. The Morgan fingerprint density at radius 3 is 2.83 bits per heavy atom. The van der Waals surface area contributed by atoms with Crippen molar-refractivity contribution in [2.75, 3.05) is 12.3 Å². The van der Waals surface area contributed by atoms with E-state index in [4.69, 9.17) is 21.7 Å². The number of anilines is 1. The molecule has 0 bridgehead atoms. The number of nitrogens with one attached hydrogen (secondary N) is 1. The Morgan fingerprint density at radius 2 is 2.17 bits per heavy atom. The number of nitrogens with zero attached hydrogens (tertiary/aromatic N) is 3. The summed E-state index contributed by atoms with van der Waals surface area (Å²) in [6.45, 7) is 0.204. The van der Waals surface area contributed by atoms with Crippen LogP contribution in [0.2, 0.25) is 0 Å². The molecule has 0 aliphatic heterocycles. The minimum Gasteiger partial charge on any atom is -0.399 e. The molecule has 0 saturated carbocycles. The molecule has 0 aliphatic rings. The maximum Gasteiger partial charge on any atom is 0.256 e. The van der Waals surface area contributed by atoms with Gasteiger partial charge < -0.3 is 27.1 Å². The van der Waals surface area contributed by atoms with E-state index in [1.54, 1.807) is 12.1 Å². The van der Waals surface area contributed by atoms with E-state index in [0.717, 1.165) is 5.56 Å². The Morgan fingerprint density at radius 1 is 1.39 bits per heavy atom. The predicted molar refractivity (Wildman–Crippen MR) is 67.3 cm³/mol. The number of hydrogen-bond acceptors (Lipinski definition) is 6. The van der Waals surface area contributed by atoms with Gasteiger partial charge in [0.25, 0.3) is 5.96 Å². The van der Waals surface area contributed by atoms with Crippen molar-refractivity contribution in [3.05, 3.63) is 29.8 Å². The smallest absolute Gasteiger partial charge is 0.256 e. The molecule has 8 nitrogen and oxygen atoms in total. The van der Waals surface area contributed by atoms with Crippen molar-refractivity contribution in [2.45, 2.75) is 12.8 Å². The van der Waals surface area contributed by atoms with E-state index in [1.807, 2.05) is 12.1 Å². The van der Waals surface area contributed by atoms with E-state index in [-0.39, 0.29) is 12.5 Å². The molecule has 1 aromatic rings. The summed E-state index contributed by atoms with van der Waals surface area (Å²) in [4.78, 5) is 0. The minimum absolute atomic E-state index is 0.0976. The van der Waals surface area contributed by atoms with Crippen molar-refractivity contribution < 1.29 is 10.2 Å². The first-order chi connectivity index (χ1) is 8.58. The lowest BCUT2D eigenvalue weighted by atomic mass is 10.2. The van der Waals surface area contributed by atoms with Gasteiger partial charge in [0.2, 0.25) is 0 Å². The highest BCUT2D eigenvalue weighted by atomic mass is 16.5. The Balaban J connectivity index is 2.40. The number of hydrazone groups is 1. The first-order valence-corrected chi connectivity index (χ1v) is 5.22. The summed E-state index contributed by atoms with van der Waals surface area (Å²) in [6.07, 6.45) is -1.49. The van der Waals surface area contributed by atoms with E-state index in [2.05, 4.69) is 20.8 Å². The van der Waals surface area contributed by atoms with Crippen molar-refractivity contribution in [3.8, 4) is 0 Å². The summed E-state index contributed by atoms with van der Waals surface area (Å²) in [6, 6.07) is 7.25. The molecule has 7 N–H and O–H groups in total. The van der Waals surface area contributed by atoms with E-state index < -0.39 is 6.29 Å². The maximum absolute atomic E-state index is 8.53. The number of rotatable bonds is 5. The topological polar surface area (TPSA) is 142 Å². The largest absolute Gasteiger partial charge is 0.399 e. The molecule has 0 heterocycles. The van der Waals surface area contributed by atoms with Crippen LogP contribution in [0.15, 0.2) is 39.6 Å². The highest BCUT2D eigenvalue weighted by Gasteiger charge is 1.94. The van der Waals surface area contributed by atoms with Crippen LogP contribution in [0, 0.1) is 0 Å². The number of hydrogen-bond donors (Lipinski definition) is 5. The van der Waals surface area contributed by atoms with Crippen LogP contribution in [-0.2, 0) is 6.54 Å². The molecule has 98 valence electrons. The van der Waals surface area contributed by atoms with Gasteiger partial charge in [0.05, 0.1) is 13.1 Å². The lowest BCUT2D eigenvalue weighted by Gasteiger charge is -2.01. The van der Waals surface area contributed by atoms with Crippen LogP contribution in [-0.4, -0.2) is 29.0 Å². The highest BCUT2D eigenvalue weighted by Crippen LogP contribution is 2.07. The number of nitrogens with two attached hydrogens (primary N) is 2. The summed E-state index contributed by atoms with van der Waals surface area (Å²) >= 11 is 0. The summed E-state index contributed by atoms with van der Waals surface area (Å²) < 4.78 is 0. The number of aliphatic hydroxyl groups is 2. The Hall–Kier alpha value is -2.19. The van der Waals surface area contributed by atoms with Crippen molar-refractivity contribution in [2.24, 2.45) is 21.1 Å². The van der Waals surface area contributed by atoms with Crippen molar-refractivity contribution in [3.63, 3.8) is 0 Å². The number of aliphatic hydroxyl groups excluding tert-OH is 1. The fourth-order valence-corrected chi connectivity index (χ4v) is 1.11. The van der Waals surface area contributed by atoms with Crippen molar-refractivity contribution >= 4 is 11.6 Å². The average molecular weight is 252 g/mol. The molecule has 0 spiro atoms. The van der Waals surface area contributed by atoms with Crippen molar-refractivity contribution in [1.82, 2.24) is 5.43 Å². The van der Waals surface area contributed by atoms with Crippen molar-refractivity contribution in [1.29, 1.82) is 0 Å². The first kappa shape index (κ1) is 13.9. The van der Waals surface area contributed by atoms with E-state index in [1.165, 1.54) is 0 Å². The van der Waals surface area contributed by atoms with Gasteiger partial charge in [-0.05, 0) is 17.7 Å². The molecule has 1 aromatic carbocycles. The SMILES string of the molecule is NC(N=NCc1cccc(N)c1)=NNCC(O)O. The monoisotopic (exact) mass is 252 g/mol. The number of azo groups is 1. The lowest BCUT2D eigenvalue weighted by molar-refractivity contribution is -0.0369. The van der Waals surface area contributed by atoms with Crippen LogP contribution < -0.4 is 16.9 Å². The standard InChI is InChI=1S/C10H16N6O2/c11-8-3-1-2-7(4-8)5-13-15-10(12)16-14-6-9(17)18/h1-4,9,14,17-18H,5-6,11H2,(H2,12,16). The van der Waals surface area contributed by atoms with Gasteiger partial charge in [0.1, 0.15) is 0 Å². The molecule has 0 aliphatic carbocycles. The van der Waals surface area contributed by atoms with Gasteiger partial charge in [0.15, 0.2) is 6.29 Å². The van der Waals surface area contributed by atoms with E-state index >= 15 is 0 Å².